The van der Waals surface area contributed by atoms with E-state index in [9.17, 15) is 9.18 Å². The van der Waals surface area contributed by atoms with Gasteiger partial charge in [0.05, 0.1) is 18.5 Å². The number of aromatic nitrogens is 4. The second kappa shape index (κ2) is 10.6. The van der Waals surface area contributed by atoms with Crippen molar-refractivity contribution >= 4 is 0 Å². The summed E-state index contributed by atoms with van der Waals surface area (Å²) in [6.07, 6.45) is 10.2. The molecule has 0 unspecified atom stereocenters. The molecular formula is C25H31FN4O2. The molecule has 4 rings (SSSR count). The minimum absolute atomic E-state index is 0.00947. The van der Waals surface area contributed by atoms with Crippen molar-refractivity contribution in [2.45, 2.75) is 64.3 Å². The molecule has 2 aromatic heterocycles. The Hall–Kier alpha value is -2.96. The van der Waals surface area contributed by atoms with Gasteiger partial charge in [0.15, 0.2) is 11.6 Å². The molecule has 0 bridgehead atoms. The molecule has 0 spiro atoms. The standard InChI is InChI=1S/C25H31FN4O2/c1-2-19(21-11-12-23(26)24(14-21)32-17-18-9-10-18)16-30-22(15-28-29-30)8-4-3-6-20-7-5-13-27-25(20)31/h5,7,11-15,18-19H,2-4,6,8-10,16-17H2,1H3,(H,27,31)/t19-/m0/s1. The number of halogens is 1. The van der Waals surface area contributed by atoms with Gasteiger partial charge in [0.2, 0.25) is 0 Å². The highest BCUT2D eigenvalue weighted by Crippen LogP contribution is 2.32. The molecule has 0 aliphatic heterocycles. The van der Waals surface area contributed by atoms with Gasteiger partial charge in [-0.25, -0.2) is 9.07 Å². The van der Waals surface area contributed by atoms with Crippen molar-refractivity contribution in [2.24, 2.45) is 5.92 Å². The molecular weight excluding hydrogens is 407 g/mol. The van der Waals surface area contributed by atoms with Gasteiger partial charge in [-0.2, -0.15) is 0 Å². The first kappa shape index (κ1) is 22.2. The zero-order valence-corrected chi connectivity index (χ0v) is 18.6. The first-order chi connectivity index (χ1) is 15.6. The lowest BCUT2D eigenvalue weighted by molar-refractivity contribution is 0.284. The van der Waals surface area contributed by atoms with E-state index < -0.39 is 0 Å². The Morgan fingerprint density at radius 1 is 1.25 bits per heavy atom. The van der Waals surface area contributed by atoms with Crippen LogP contribution in [0.2, 0.25) is 0 Å². The SMILES string of the molecule is CC[C@@H](Cn1nncc1CCCCc1ccc[nH]c1=O)c1ccc(F)c(OCC2CC2)c1. The van der Waals surface area contributed by atoms with E-state index >= 15 is 0 Å². The number of aromatic amines is 1. The average Bonchev–Trinajstić information content (AvgIpc) is 3.53. The van der Waals surface area contributed by atoms with Crippen LogP contribution in [-0.2, 0) is 19.4 Å². The van der Waals surface area contributed by atoms with Gasteiger partial charge in [-0.1, -0.05) is 24.3 Å². The Morgan fingerprint density at radius 3 is 2.88 bits per heavy atom. The predicted octanol–water partition coefficient (Wildman–Crippen LogP) is 4.65. The number of hydrogen-bond acceptors (Lipinski definition) is 4. The molecule has 0 radical (unpaired) electrons. The molecule has 1 aliphatic rings. The zero-order chi connectivity index (χ0) is 22.3. The van der Waals surface area contributed by atoms with Crippen LogP contribution in [0.1, 0.15) is 61.8 Å². The summed E-state index contributed by atoms with van der Waals surface area (Å²) in [7, 11) is 0. The molecule has 32 heavy (non-hydrogen) atoms. The van der Waals surface area contributed by atoms with E-state index in [0.717, 1.165) is 48.9 Å². The van der Waals surface area contributed by atoms with Crippen molar-refractivity contribution in [1.29, 1.82) is 0 Å². The highest BCUT2D eigenvalue weighted by molar-refractivity contribution is 5.32. The van der Waals surface area contributed by atoms with E-state index in [2.05, 4.69) is 22.2 Å². The van der Waals surface area contributed by atoms with Crippen LogP contribution >= 0.6 is 0 Å². The van der Waals surface area contributed by atoms with Crippen molar-refractivity contribution in [3.05, 3.63) is 75.7 Å². The largest absolute Gasteiger partial charge is 0.490 e. The van der Waals surface area contributed by atoms with Crippen molar-refractivity contribution in [3.63, 3.8) is 0 Å². The van der Waals surface area contributed by atoms with Crippen molar-refractivity contribution in [1.82, 2.24) is 20.0 Å². The van der Waals surface area contributed by atoms with Gasteiger partial charge in [-0.15, -0.1) is 5.10 Å². The highest BCUT2D eigenvalue weighted by Gasteiger charge is 2.23. The topological polar surface area (TPSA) is 72.8 Å². The van der Waals surface area contributed by atoms with Crippen molar-refractivity contribution < 1.29 is 9.13 Å². The van der Waals surface area contributed by atoms with Crippen LogP contribution < -0.4 is 10.3 Å². The lowest BCUT2D eigenvalue weighted by Crippen LogP contribution is -2.14. The minimum Gasteiger partial charge on any atom is -0.490 e. The molecule has 7 heteroatoms. The zero-order valence-electron chi connectivity index (χ0n) is 18.6. The number of aryl methyl sites for hydroxylation is 2. The van der Waals surface area contributed by atoms with Gasteiger partial charge in [0, 0.05) is 24.2 Å². The monoisotopic (exact) mass is 438 g/mol. The van der Waals surface area contributed by atoms with Crippen LogP contribution in [0.3, 0.4) is 0 Å². The van der Waals surface area contributed by atoms with Crippen LogP contribution in [0.4, 0.5) is 4.39 Å². The summed E-state index contributed by atoms with van der Waals surface area (Å²) >= 11 is 0. The lowest BCUT2D eigenvalue weighted by Gasteiger charge is -2.18. The Bertz CT molecular complexity index is 1070. The average molecular weight is 439 g/mol. The molecule has 1 aliphatic carbocycles. The second-order valence-corrected chi connectivity index (χ2v) is 8.69. The molecule has 1 aromatic carbocycles. The summed E-state index contributed by atoms with van der Waals surface area (Å²) in [5, 5.41) is 8.41. The maximum Gasteiger partial charge on any atom is 0.251 e. The van der Waals surface area contributed by atoms with Crippen LogP contribution in [0.25, 0.3) is 0 Å². The van der Waals surface area contributed by atoms with Crippen LogP contribution in [-0.4, -0.2) is 26.6 Å². The molecule has 0 saturated heterocycles. The molecule has 6 nitrogen and oxygen atoms in total. The fraction of sp³-hybridized carbons (Fsp3) is 0.480. The number of pyridine rings is 1. The highest BCUT2D eigenvalue weighted by atomic mass is 19.1. The van der Waals surface area contributed by atoms with Gasteiger partial charge in [-0.05, 0) is 74.6 Å². The molecule has 2 heterocycles. The van der Waals surface area contributed by atoms with E-state index in [1.54, 1.807) is 6.20 Å². The fourth-order valence-electron chi connectivity index (χ4n) is 3.96. The van der Waals surface area contributed by atoms with Crippen LogP contribution in [0.15, 0.2) is 47.5 Å². The van der Waals surface area contributed by atoms with Crippen LogP contribution in [0, 0.1) is 11.7 Å². The minimum atomic E-state index is -0.303. The van der Waals surface area contributed by atoms with Gasteiger partial charge in [0.1, 0.15) is 0 Å². The predicted molar refractivity (Wildman–Crippen MR) is 121 cm³/mol. The number of ether oxygens (including phenoxy) is 1. The molecule has 3 aromatic rings. The molecule has 170 valence electrons. The fourth-order valence-corrected chi connectivity index (χ4v) is 3.96. The third-order valence-electron chi connectivity index (χ3n) is 6.21. The van der Waals surface area contributed by atoms with E-state index in [0.29, 0.717) is 24.8 Å². The van der Waals surface area contributed by atoms with Crippen molar-refractivity contribution in [3.8, 4) is 5.75 Å². The maximum absolute atomic E-state index is 14.2. The van der Waals surface area contributed by atoms with Gasteiger partial charge < -0.3 is 9.72 Å². The molecule has 0 amide bonds. The normalized spacial score (nSPS) is 14.4. The molecule has 1 saturated carbocycles. The Balaban J connectivity index is 1.35. The number of H-pyrrole nitrogens is 1. The van der Waals surface area contributed by atoms with E-state index in [1.807, 2.05) is 35.1 Å². The summed E-state index contributed by atoms with van der Waals surface area (Å²) in [5.41, 5.74) is 2.95. The Morgan fingerprint density at radius 2 is 2.09 bits per heavy atom. The quantitative estimate of drug-likeness (QED) is 0.418. The number of hydrogen-bond donors (Lipinski definition) is 1. The third kappa shape index (κ3) is 5.84. The maximum atomic E-state index is 14.2. The Kier molecular flexibility index (Phi) is 7.35. The lowest BCUT2D eigenvalue weighted by atomic mass is 9.96. The summed E-state index contributed by atoms with van der Waals surface area (Å²) in [4.78, 5) is 14.5. The van der Waals surface area contributed by atoms with Crippen molar-refractivity contribution in [2.75, 3.05) is 6.61 Å². The first-order valence-corrected chi connectivity index (χ1v) is 11.6. The first-order valence-electron chi connectivity index (χ1n) is 11.6. The van der Waals surface area contributed by atoms with Crippen LogP contribution in [0.5, 0.6) is 5.75 Å². The molecule has 1 N–H and O–H groups in total. The number of nitrogens with zero attached hydrogens (tertiary/aromatic N) is 3. The Labute approximate surface area is 187 Å². The number of nitrogens with one attached hydrogen (secondary N) is 1. The van der Waals surface area contributed by atoms with Gasteiger partial charge in [0.25, 0.3) is 5.56 Å². The van der Waals surface area contributed by atoms with E-state index in [1.165, 1.54) is 18.9 Å². The number of rotatable bonds is 12. The summed E-state index contributed by atoms with van der Waals surface area (Å²) in [6.45, 7) is 3.42. The third-order valence-corrected chi connectivity index (χ3v) is 6.21. The summed E-state index contributed by atoms with van der Waals surface area (Å²) < 4.78 is 21.9. The summed E-state index contributed by atoms with van der Waals surface area (Å²) in [6, 6.07) is 8.94. The smallest absolute Gasteiger partial charge is 0.251 e. The summed E-state index contributed by atoms with van der Waals surface area (Å²) in [5.74, 6) is 0.825. The molecule has 1 atom stereocenters. The number of benzene rings is 1. The van der Waals surface area contributed by atoms with Gasteiger partial charge in [-0.3, -0.25) is 4.79 Å². The second-order valence-electron chi connectivity index (χ2n) is 8.69. The van der Waals surface area contributed by atoms with E-state index in [4.69, 9.17) is 4.74 Å². The van der Waals surface area contributed by atoms with Gasteiger partial charge >= 0.3 is 0 Å². The van der Waals surface area contributed by atoms with E-state index in [-0.39, 0.29) is 17.3 Å². The molecule has 1 fully saturated rings. The number of unbranched alkanes of at least 4 members (excludes halogenated alkanes) is 1.